The quantitative estimate of drug-likeness (QED) is 0.623. The zero-order chi connectivity index (χ0) is 22.3. The number of piperidine rings is 2. The van der Waals surface area contributed by atoms with Crippen LogP contribution in [0.15, 0.2) is 6.07 Å². The third-order valence-electron chi connectivity index (χ3n) is 6.18. The summed E-state index contributed by atoms with van der Waals surface area (Å²) in [5, 5.41) is 9.38. The summed E-state index contributed by atoms with van der Waals surface area (Å²) in [7, 11) is -1.41. The summed E-state index contributed by atoms with van der Waals surface area (Å²) in [4.78, 5) is 10.4. The molecule has 0 aromatic carbocycles. The molecule has 12 heteroatoms. The molecule has 2 N–H and O–H groups in total. The summed E-state index contributed by atoms with van der Waals surface area (Å²) in [6.07, 6.45) is 4.06. The Morgan fingerprint density at radius 2 is 2.00 bits per heavy atom. The molecule has 0 amide bonds. The number of fused-ring (bicyclic) bond motifs is 2. The Morgan fingerprint density at radius 3 is 2.58 bits per heavy atom. The molecule has 2 fully saturated rings. The van der Waals surface area contributed by atoms with E-state index in [0.29, 0.717) is 18.7 Å². The number of nitrogens with one attached hydrogen (secondary N) is 2. The van der Waals surface area contributed by atoms with Crippen LogP contribution in [0.25, 0.3) is 0 Å². The largest absolute Gasteiger partial charge is 0.341 e. The molecule has 31 heavy (non-hydrogen) atoms. The first-order valence-corrected chi connectivity index (χ1v) is 12.4. The summed E-state index contributed by atoms with van der Waals surface area (Å²) in [5.74, 6) is 0.0157. The second kappa shape index (κ2) is 8.51. The Bertz CT molecular complexity index is 1050. The smallest absolute Gasteiger partial charge is 0.228 e. The molecule has 0 spiro atoms. The van der Waals surface area contributed by atoms with E-state index >= 15 is 0 Å². The highest BCUT2D eigenvalue weighted by Crippen LogP contribution is 2.38. The van der Waals surface area contributed by atoms with Gasteiger partial charge in [0.05, 0.1) is 5.75 Å². The number of nitrogens with zero attached hydrogens (tertiary/aromatic N) is 5. The van der Waals surface area contributed by atoms with Gasteiger partial charge in [-0.1, -0.05) is 18.0 Å². The normalized spacial score (nSPS) is 24.2. The Balaban J connectivity index is 1.58. The van der Waals surface area contributed by atoms with E-state index in [0.717, 1.165) is 25.0 Å². The summed E-state index contributed by atoms with van der Waals surface area (Å²) in [6, 6.07) is 1.68. The van der Waals surface area contributed by atoms with E-state index in [4.69, 9.17) is 11.6 Å². The fourth-order valence-electron chi connectivity index (χ4n) is 4.64. The maximum Gasteiger partial charge on any atom is 0.228 e. The summed E-state index contributed by atoms with van der Waals surface area (Å²) < 4.78 is 41.5. The second-order valence-electron chi connectivity index (χ2n) is 8.24. The number of anilines is 3. The van der Waals surface area contributed by atoms with Gasteiger partial charge in [-0.15, -0.1) is 0 Å². The lowest BCUT2D eigenvalue weighted by atomic mass is 9.83. The Labute approximate surface area is 186 Å². The molecule has 2 bridgehead atoms. The number of hydrogen-bond donors (Lipinski definition) is 2. The van der Waals surface area contributed by atoms with Crippen molar-refractivity contribution in [2.24, 2.45) is 0 Å². The van der Waals surface area contributed by atoms with Crippen molar-refractivity contribution in [2.75, 3.05) is 23.0 Å². The minimum Gasteiger partial charge on any atom is -0.341 e. The van der Waals surface area contributed by atoms with Crippen LogP contribution in [0.5, 0.6) is 0 Å². The van der Waals surface area contributed by atoms with Crippen LogP contribution in [0, 0.1) is 12.7 Å². The van der Waals surface area contributed by atoms with Crippen LogP contribution < -0.4 is 10.2 Å². The van der Waals surface area contributed by atoms with Gasteiger partial charge in [-0.2, -0.15) is 23.8 Å². The molecular weight excluding hydrogens is 445 g/mol. The topological polar surface area (TPSA) is 107 Å². The van der Waals surface area contributed by atoms with Gasteiger partial charge in [-0.3, -0.25) is 5.10 Å². The highest BCUT2D eigenvalue weighted by Gasteiger charge is 2.45. The van der Waals surface area contributed by atoms with Crippen molar-refractivity contribution in [3.05, 3.63) is 22.7 Å². The Hall–Kier alpha value is -1.98. The van der Waals surface area contributed by atoms with Gasteiger partial charge in [-0.05, 0) is 39.5 Å². The van der Waals surface area contributed by atoms with E-state index in [2.05, 4.69) is 25.5 Å². The minimum absolute atomic E-state index is 0.0283. The predicted molar refractivity (Wildman–Crippen MR) is 118 cm³/mol. The van der Waals surface area contributed by atoms with E-state index in [-0.39, 0.29) is 40.8 Å². The van der Waals surface area contributed by atoms with E-state index < -0.39 is 15.8 Å². The molecule has 9 nitrogen and oxygen atoms in total. The van der Waals surface area contributed by atoms with Crippen molar-refractivity contribution < 1.29 is 12.8 Å². The average Bonchev–Trinajstić information content (AvgIpc) is 3.14. The Morgan fingerprint density at radius 1 is 1.32 bits per heavy atom. The molecule has 2 aromatic heterocycles. The fourth-order valence-corrected chi connectivity index (χ4v) is 6.40. The lowest BCUT2D eigenvalue weighted by Crippen LogP contribution is -2.58. The van der Waals surface area contributed by atoms with E-state index in [1.54, 1.807) is 17.3 Å². The van der Waals surface area contributed by atoms with E-state index in [1.165, 1.54) is 0 Å². The van der Waals surface area contributed by atoms with Gasteiger partial charge in [0.25, 0.3) is 0 Å². The number of aromatic nitrogens is 4. The van der Waals surface area contributed by atoms with Crippen LogP contribution in [-0.4, -0.2) is 63.8 Å². The lowest BCUT2D eigenvalue weighted by Gasteiger charge is -2.49. The number of rotatable bonds is 6. The van der Waals surface area contributed by atoms with E-state index in [1.807, 2.05) is 18.9 Å². The zero-order valence-electron chi connectivity index (χ0n) is 17.8. The van der Waals surface area contributed by atoms with Crippen LogP contribution in [0.4, 0.5) is 22.0 Å². The molecule has 170 valence electrons. The van der Waals surface area contributed by atoms with E-state index in [9.17, 15) is 12.8 Å². The van der Waals surface area contributed by atoms with Crippen molar-refractivity contribution >= 4 is 39.2 Å². The molecule has 2 aromatic rings. The Kier molecular flexibility index (Phi) is 6.10. The average molecular weight is 472 g/mol. The van der Waals surface area contributed by atoms with Crippen LogP contribution in [-0.2, 0) is 10.0 Å². The van der Waals surface area contributed by atoms with Crippen LogP contribution in [0.3, 0.4) is 0 Å². The number of aryl methyl sites for hydroxylation is 1. The molecule has 1 unspecified atom stereocenters. The number of hydrogen-bond acceptors (Lipinski definition) is 7. The zero-order valence-corrected chi connectivity index (χ0v) is 19.3. The molecule has 0 radical (unpaired) electrons. The van der Waals surface area contributed by atoms with Gasteiger partial charge < -0.3 is 10.2 Å². The summed E-state index contributed by atoms with van der Waals surface area (Å²) >= 11 is 6.06. The minimum atomic E-state index is -3.25. The SMILES string of the molecule is CCS(=O)(=O)N1[C@@H]2CCC[C@H]1CC(N(C)c1nc(Cl)c(F)c(Nc3cc(C)[nH]n3)n1)C2. The van der Waals surface area contributed by atoms with Crippen LogP contribution in [0.1, 0.15) is 44.7 Å². The van der Waals surface area contributed by atoms with Crippen LogP contribution >= 0.6 is 11.6 Å². The molecule has 4 rings (SSSR count). The predicted octanol–water partition coefficient (Wildman–Crippen LogP) is 3.22. The molecule has 4 heterocycles. The molecule has 2 aliphatic rings. The maximum absolute atomic E-state index is 14.5. The third kappa shape index (κ3) is 4.35. The summed E-state index contributed by atoms with van der Waals surface area (Å²) in [6.45, 7) is 3.52. The van der Waals surface area contributed by atoms with Crippen molar-refractivity contribution in [3.8, 4) is 0 Å². The third-order valence-corrected chi connectivity index (χ3v) is 8.40. The molecule has 0 aliphatic carbocycles. The van der Waals surface area contributed by atoms with Crippen molar-refractivity contribution in [3.63, 3.8) is 0 Å². The molecule has 0 saturated carbocycles. The molecular formula is C19H27ClFN7O2S. The number of H-pyrrole nitrogens is 1. The second-order valence-corrected chi connectivity index (χ2v) is 10.8. The van der Waals surface area contributed by atoms with Crippen molar-refractivity contribution in [1.82, 2.24) is 24.5 Å². The van der Waals surface area contributed by atoms with Gasteiger partial charge in [-0.25, -0.2) is 8.42 Å². The van der Waals surface area contributed by atoms with Crippen molar-refractivity contribution in [2.45, 2.75) is 64.1 Å². The van der Waals surface area contributed by atoms with Crippen LogP contribution in [0.2, 0.25) is 5.15 Å². The van der Waals surface area contributed by atoms with Gasteiger partial charge in [0.15, 0.2) is 16.8 Å². The maximum atomic E-state index is 14.5. The van der Waals surface area contributed by atoms with Gasteiger partial charge >= 0.3 is 0 Å². The van der Waals surface area contributed by atoms with Gasteiger partial charge in [0.1, 0.15) is 0 Å². The highest BCUT2D eigenvalue weighted by molar-refractivity contribution is 7.89. The number of sulfonamides is 1. The standard InChI is InChI=1S/C19H27ClFN7O2S/c1-4-31(29,30)28-12-6-5-7-13(28)10-14(9-12)27(3)19-23-17(20)16(21)18(24-19)22-15-8-11(2)25-26-15/h8,12-14H,4-7,9-10H2,1-3H3,(H2,22,23,24,25,26)/t12-,13+,14?. The summed E-state index contributed by atoms with van der Waals surface area (Å²) in [5.41, 5.74) is 0.820. The fraction of sp³-hybridized carbons (Fsp3) is 0.632. The molecule has 3 atom stereocenters. The van der Waals surface area contributed by atoms with Gasteiger partial charge in [0.2, 0.25) is 21.8 Å². The number of aromatic amines is 1. The first kappa shape index (κ1) is 22.2. The first-order valence-electron chi connectivity index (χ1n) is 10.5. The molecule has 2 aliphatic heterocycles. The molecule has 2 saturated heterocycles. The first-order chi connectivity index (χ1) is 14.7. The monoisotopic (exact) mass is 471 g/mol. The van der Waals surface area contributed by atoms with Crippen molar-refractivity contribution in [1.29, 1.82) is 0 Å². The van der Waals surface area contributed by atoms with Gasteiger partial charge in [0, 0.05) is 36.9 Å². The lowest BCUT2D eigenvalue weighted by molar-refractivity contribution is 0.109. The number of halogens is 2. The highest BCUT2D eigenvalue weighted by atomic mass is 35.5.